The zero-order valence-corrected chi connectivity index (χ0v) is 15.0. The first-order valence-electron chi connectivity index (χ1n) is 9.06. The van der Waals surface area contributed by atoms with Gasteiger partial charge in [0.25, 0.3) is 5.91 Å². The van der Waals surface area contributed by atoms with Crippen LogP contribution in [0, 0.1) is 0 Å². The van der Waals surface area contributed by atoms with E-state index < -0.39 is 6.09 Å². The summed E-state index contributed by atoms with van der Waals surface area (Å²) in [5, 5.41) is 5.56. The molecule has 5 nitrogen and oxygen atoms in total. The Balaban J connectivity index is 1.70. The highest BCUT2D eigenvalue weighted by molar-refractivity contribution is 5.95. The van der Waals surface area contributed by atoms with Crippen molar-refractivity contribution in [2.75, 3.05) is 7.05 Å². The molecule has 2 aromatic rings. The van der Waals surface area contributed by atoms with Crippen molar-refractivity contribution in [3.8, 4) is 16.9 Å². The van der Waals surface area contributed by atoms with E-state index in [0.717, 1.165) is 36.8 Å². The van der Waals surface area contributed by atoms with E-state index in [1.54, 1.807) is 19.2 Å². The van der Waals surface area contributed by atoms with Crippen molar-refractivity contribution >= 4 is 12.0 Å². The summed E-state index contributed by atoms with van der Waals surface area (Å²) in [7, 11) is 1.61. The topological polar surface area (TPSA) is 67.4 Å². The van der Waals surface area contributed by atoms with Crippen LogP contribution in [0.2, 0.25) is 0 Å². The van der Waals surface area contributed by atoms with Gasteiger partial charge in [0, 0.05) is 18.7 Å². The van der Waals surface area contributed by atoms with Crippen molar-refractivity contribution in [1.82, 2.24) is 10.6 Å². The highest BCUT2D eigenvalue weighted by Crippen LogP contribution is 2.25. The van der Waals surface area contributed by atoms with Gasteiger partial charge in [-0.15, -0.1) is 0 Å². The number of carbonyl (C=O) groups is 2. The molecule has 5 heteroatoms. The molecule has 0 unspecified atom stereocenters. The van der Waals surface area contributed by atoms with E-state index in [2.05, 4.69) is 10.6 Å². The van der Waals surface area contributed by atoms with Crippen LogP contribution in [0.3, 0.4) is 0 Å². The Labute approximate surface area is 153 Å². The number of carbonyl (C=O) groups excluding carboxylic acids is 2. The predicted octanol–water partition coefficient (Wildman–Crippen LogP) is 4.13. The predicted molar refractivity (Wildman–Crippen MR) is 101 cm³/mol. The van der Waals surface area contributed by atoms with Crippen LogP contribution in [0.1, 0.15) is 42.5 Å². The fourth-order valence-electron chi connectivity index (χ4n) is 3.27. The third kappa shape index (κ3) is 4.63. The molecule has 0 radical (unpaired) electrons. The summed E-state index contributed by atoms with van der Waals surface area (Å²) in [6.07, 6.45) is 5.17. The zero-order chi connectivity index (χ0) is 18.4. The van der Waals surface area contributed by atoms with Crippen molar-refractivity contribution < 1.29 is 14.3 Å². The van der Waals surface area contributed by atoms with Gasteiger partial charge in [-0.3, -0.25) is 4.79 Å². The maximum Gasteiger partial charge on any atom is 0.412 e. The van der Waals surface area contributed by atoms with Gasteiger partial charge in [0.1, 0.15) is 5.75 Å². The van der Waals surface area contributed by atoms with Gasteiger partial charge in [-0.1, -0.05) is 43.5 Å². The monoisotopic (exact) mass is 352 g/mol. The van der Waals surface area contributed by atoms with Crippen LogP contribution in [-0.4, -0.2) is 25.1 Å². The SMILES string of the molecule is CNC(=O)c1cccc(-c2cccc(OC(=O)NC3CCCCC3)c2)c1. The summed E-state index contributed by atoms with van der Waals surface area (Å²) in [5.74, 6) is 0.354. The molecule has 3 rings (SSSR count). The Morgan fingerprint density at radius 3 is 2.38 bits per heavy atom. The Morgan fingerprint density at radius 2 is 1.65 bits per heavy atom. The molecule has 0 aromatic heterocycles. The fraction of sp³-hybridized carbons (Fsp3) is 0.333. The Hall–Kier alpha value is -2.82. The summed E-state index contributed by atoms with van der Waals surface area (Å²) in [4.78, 5) is 23.9. The molecule has 0 aliphatic heterocycles. The van der Waals surface area contributed by atoms with Crippen molar-refractivity contribution in [3.63, 3.8) is 0 Å². The van der Waals surface area contributed by atoms with Crippen LogP contribution in [0.4, 0.5) is 4.79 Å². The maximum absolute atomic E-state index is 12.1. The standard InChI is InChI=1S/C21H24N2O3/c1-22-20(24)17-9-5-7-15(13-17)16-8-6-12-19(14-16)26-21(25)23-18-10-3-2-4-11-18/h5-9,12-14,18H,2-4,10-11H2,1H3,(H,22,24)(H,23,25). The van der Waals surface area contributed by atoms with Gasteiger partial charge in [0.15, 0.2) is 0 Å². The molecule has 1 fully saturated rings. The smallest absolute Gasteiger partial charge is 0.410 e. The number of benzene rings is 2. The molecular formula is C21H24N2O3. The molecule has 0 spiro atoms. The number of ether oxygens (including phenoxy) is 1. The van der Waals surface area contributed by atoms with Crippen molar-refractivity contribution in [3.05, 3.63) is 54.1 Å². The van der Waals surface area contributed by atoms with Crippen LogP contribution < -0.4 is 15.4 Å². The molecule has 0 heterocycles. The van der Waals surface area contributed by atoms with Crippen LogP contribution in [-0.2, 0) is 0 Å². The summed E-state index contributed by atoms with van der Waals surface area (Å²) in [6.45, 7) is 0. The van der Waals surface area contributed by atoms with E-state index in [9.17, 15) is 9.59 Å². The molecule has 2 N–H and O–H groups in total. The average Bonchev–Trinajstić information content (AvgIpc) is 2.68. The minimum atomic E-state index is -0.409. The van der Waals surface area contributed by atoms with E-state index in [1.165, 1.54) is 6.42 Å². The van der Waals surface area contributed by atoms with E-state index in [-0.39, 0.29) is 11.9 Å². The van der Waals surface area contributed by atoms with Crippen LogP contribution in [0.5, 0.6) is 5.75 Å². The van der Waals surface area contributed by atoms with Crippen molar-refractivity contribution in [1.29, 1.82) is 0 Å². The van der Waals surface area contributed by atoms with E-state index in [0.29, 0.717) is 11.3 Å². The Kier molecular flexibility index (Phi) is 5.89. The molecule has 136 valence electrons. The molecule has 2 amide bonds. The number of hydrogen-bond acceptors (Lipinski definition) is 3. The van der Waals surface area contributed by atoms with Gasteiger partial charge in [-0.2, -0.15) is 0 Å². The van der Waals surface area contributed by atoms with Gasteiger partial charge in [-0.25, -0.2) is 4.79 Å². The summed E-state index contributed by atoms with van der Waals surface area (Å²) in [6, 6.07) is 14.9. The second kappa shape index (κ2) is 8.52. The molecule has 26 heavy (non-hydrogen) atoms. The highest BCUT2D eigenvalue weighted by atomic mass is 16.6. The molecular weight excluding hydrogens is 328 g/mol. The maximum atomic E-state index is 12.1. The van der Waals surface area contributed by atoms with Gasteiger partial charge in [0.05, 0.1) is 0 Å². The summed E-state index contributed by atoms with van der Waals surface area (Å²) >= 11 is 0. The lowest BCUT2D eigenvalue weighted by Gasteiger charge is -2.22. The second-order valence-electron chi connectivity index (χ2n) is 6.56. The number of rotatable bonds is 4. The van der Waals surface area contributed by atoms with Gasteiger partial charge < -0.3 is 15.4 Å². The largest absolute Gasteiger partial charge is 0.412 e. The van der Waals surface area contributed by atoms with Crippen molar-refractivity contribution in [2.24, 2.45) is 0 Å². The van der Waals surface area contributed by atoms with Crippen LogP contribution >= 0.6 is 0 Å². The van der Waals surface area contributed by atoms with Crippen molar-refractivity contribution in [2.45, 2.75) is 38.1 Å². The Morgan fingerprint density at radius 1 is 0.962 bits per heavy atom. The molecule has 0 atom stereocenters. The lowest BCUT2D eigenvalue weighted by Crippen LogP contribution is -2.37. The number of hydrogen-bond donors (Lipinski definition) is 2. The normalized spacial score (nSPS) is 14.5. The molecule has 0 saturated heterocycles. The summed E-state index contributed by atoms with van der Waals surface area (Å²) < 4.78 is 5.45. The third-order valence-electron chi connectivity index (χ3n) is 4.66. The Bertz CT molecular complexity index is 782. The quantitative estimate of drug-likeness (QED) is 0.869. The van der Waals surface area contributed by atoms with Gasteiger partial charge >= 0.3 is 6.09 Å². The van der Waals surface area contributed by atoms with Crippen LogP contribution in [0.15, 0.2) is 48.5 Å². The first kappa shape index (κ1) is 18.0. The number of amides is 2. The van der Waals surface area contributed by atoms with Gasteiger partial charge in [0.2, 0.25) is 0 Å². The van der Waals surface area contributed by atoms with Crippen LogP contribution in [0.25, 0.3) is 11.1 Å². The minimum absolute atomic E-state index is 0.133. The van der Waals surface area contributed by atoms with E-state index in [1.807, 2.05) is 36.4 Å². The first-order chi connectivity index (χ1) is 12.7. The number of nitrogens with one attached hydrogen (secondary N) is 2. The first-order valence-corrected chi connectivity index (χ1v) is 9.06. The molecule has 2 aromatic carbocycles. The lowest BCUT2D eigenvalue weighted by atomic mass is 9.96. The highest BCUT2D eigenvalue weighted by Gasteiger charge is 2.17. The molecule has 1 saturated carbocycles. The molecule has 1 aliphatic carbocycles. The lowest BCUT2D eigenvalue weighted by molar-refractivity contribution is 0.0963. The molecule has 0 bridgehead atoms. The fourth-order valence-corrected chi connectivity index (χ4v) is 3.27. The minimum Gasteiger partial charge on any atom is -0.410 e. The molecule has 1 aliphatic rings. The van der Waals surface area contributed by atoms with E-state index in [4.69, 9.17) is 4.74 Å². The summed E-state index contributed by atoms with van der Waals surface area (Å²) in [5.41, 5.74) is 2.37. The average molecular weight is 352 g/mol. The van der Waals surface area contributed by atoms with E-state index >= 15 is 0 Å². The van der Waals surface area contributed by atoms with Gasteiger partial charge in [-0.05, 0) is 48.2 Å². The second-order valence-corrected chi connectivity index (χ2v) is 6.56. The third-order valence-corrected chi connectivity index (χ3v) is 4.66. The zero-order valence-electron chi connectivity index (χ0n) is 15.0.